The molecular weight excluding hydrogens is 428 g/mol. The Bertz CT molecular complexity index is 1310. The van der Waals surface area contributed by atoms with Crippen molar-refractivity contribution in [1.29, 1.82) is 0 Å². The number of nitrogens with one attached hydrogen (secondary N) is 3. The summed E-state index contributed by atoms with van der Waals surface area (Å²) < 4.78 is 0. The number of carbonyl (C=O) groups excluding carboxylic acids is 1. The molecule has 9 nitrogen and oxygen atoms in total. The minimum atomic E-state index is -0.235. The Kier molecular flexibility index (Phi) is 5.36. The van der Waals surface area contributed by atoms with Crippen LogP contribution in [0, 0.1) is 0 Å². The maximum Gasteiger partial charge on any atom is 0.273 e. The molecular formula is C22H23ClN8O. The van der Waals surface area contributed by atoms with Gasteiger partial charge in [0, 0.05) is 31.1 Å². The van der Waals surface area contributed by atoms with E-state index in [4.69, 9.17) is 16.6 Å². The zero-order valence-corrected chi connectivity index (χ0v) is 18.5. The van der Waals surface area contributed by atoms with Gasteiger partial charge >= 0.3 is 0 Å². The number of anilines is 1. The highest BCUT2D eigenvalue weighted by molar-refractivity contribution is 6.36. The molecule has 1 fully saturated rings. The van der Waals surface area contributed by atoms with Gasteiger partial charge in [0.05, 0.1) is 23.1 Å². The van der Waals surface area contributed by atoms with E-state index in [-0.39, 0.29) is 18.0 Å². The van der Waals surface area contributed by atoms with Crippen LogP contribution in [0.15, 0.2) is 36.9 Å². The summed E-state index contributed by atoms with van der Waals surface area (Å²) in [6.07, 6.45) is 3.06. The van der Waals surface area contributed by atoms with Crippen molar-refractivity contribution < 1.29 is 4.79 Å². The van der Waals surface area contributed by atoms with E-state index >= 15 is 0 Å². The Morgan fingerprint density at radius 2 is 2.19 bits per heavy atom. The first-order valence-electron chi connectivity index (χ1n) is 10.5. The first kappa shape index (κ1) is 20.6. The molecule has 4 heterocycles. The minimum Gasteiger partial charge on any atom is -0.360 e. The number of nitrogens with zero attached hydrogens (tertiary/aromatic N) is 5. The van der Waals surface area contributed by atoms with Gasteiger partial charge < -0.3 is 20.5 Å². The number of hydrogen-bond acceptors (Lipinski definition) is 7. The molecule has 3 N–H and O–H groups in total. The van der Waals surface area contributed by atoms with Crippen LogP contribution in [-0.2, 0) is 0 Å². The highest BCUT2D eigenvalue weighted by atomic mass is 35.5. The Hall–Kier alpha value is -3.30. The van der Waals surface area contributed by atoms with Crippen LogP contribution >= 0.6 is 11.6 Å². The van der Waals surface area contributed by atoms with Crippen LogP contribution in [0.4, 0.5) is 5.82 Å². The van der Waals surface area contributed by atoms with Gasteiger partial charge in [0.2, 0.25) is 0 Å². The van der Waals surface area contributed by atoms with Gasteiger partial charge in [-0.2, -0.15) is 0 Å². The van der Waals surface area contributed by atoms with Gasteiger partial charge in [0.15, 0.2) is 11.5 Å². The summed E-state index contributed by atoms with van der Waals surface area (Å²) in [7, 11) is 0. The Morgan fingerprint density at radius 1 is 1.31 bits per heavy atom. The minimum absolute atomic E-state index is 0.109. The SMILES string of the molecule is C[C@@H]1CN(C(=O)c2nc([C@H](C)Nc3ncnc4[nH]cnc34)cc3cccc(Cl)c23)CCN1. The topological polar surface area (TPSA) is 112 Å². The third-order valence-electron chi connectivity index (χ3n) is 5.70. The Balaban J connectivity index is 1.55. The average Bonchev–Trinajstić information content (AvgIpc) is 3.28. The summed E-state index contributed by atoms with van der Waals surface area (Å²) in [6, 6.07) is 7.57. The molecule has 10 heteroatoms. The predicted molar refractivity (Wildman–Crippen MR) is 124 cm³/mol. The third kappa shape index (κ3) is 3.74. The summed E-state index contributed by atoms with van der Waals surface area (Å²) >= 11 is 6.52. The van der Waals surface area contributed by atoms with Crippen molar-refractivity contribution >= 4 is 45.3 Å². The molecule has 1 amide bonds. The Morgan fingerprint density at radius 3 is 3.03 bits per heavy atom. The number of H-pyrrole nitrogens is 1. The Labute approximate surface area is 189 Å². The average molecular weight is 451 g/mol. The molecule has 164 valence electrons. The molecule has 1 aromatic carbocycles. The van der Waals surface area contributed by atoms with Crippen LogP contribution in [0.1, 0.15) is 36.1 Å². The van der Waals surface area contributed by atoms with Crippen LogP contribution in [-0.4, -0.2) is 61.4 Å². The zero-order chi connectivity index (χ0) is 22.2. The van der Waals surface area contributed by atoms with Gasteiger partial charge in [-0.05, 0) is 31.4 Å². The molecule has 1 aliphatic rings. The molecule has 5 rings (SSSR count). The molecule has 1 aliphatic heterocycles. The van der Waals surface area contributed by atoms with E-state index in [2.05, 4.69) is 37.5 Å². The van der Waals surface area contributed by atoms with Gasteiger partial charge in [-0.1, -0.05) is 23.7 Å². The number of halogens is 1. The van der Waals surface area contributed by atoms with E-state index in [0.717, 1.165) is 11.9 Å². The predicted octanol–water partition coefficient (Wildman–Crippen LogP) is 3.16. The molecule has 1 saturated heterocycles. The molecule has 2 atom stereocenters. The van der Waals surface area contributed by atoms with Crippen LogP contribution < -0.4 is 10.6 Å². The fraction of sp³-hybridized carbons (Fsp3) is 0.318. The fourth-order valence-electron chi connectivity index (χ4n) is 4.08. The zero-order valence-electron chi connectivity index (χ0n) is 17.8. The molecule has 0 bridgehead atoms. The van der Waals surface area contributed by atoms with Crippen molar-refractivity contribution in [2.24, 2.45) is 0 Å². The number of aromatic amines is 1. The number of benzene rings is 1. The van der Waals surface area contributed by atoms with Gasteiger partial charge in [-0.3, -0.25) is 4.79 Å². The van der Waals surface area contributed by atoms with Gasteiger partial charge in [-0.15, -0.1) is 0 Å². The summed E-state index contributed by atoms with van der Waals surface area (Å²) in [6.45, 7) is 6.05. The monoisotopic (exact) mass is 450 g/mol. The van der Waals surface area contributed by atoms with Crippen molar-refractivity contribution in [3.63, 3.8) is 0 Å². The number of hydrogen-bond donors (Lipinski definition) is 3. The second-order valence-electron chi connectivity index (χ2n) is 8.03. The van der Waals surface area contributed by atoms with Crippen LogP contribution in [0.5, 0.6) is 0 Å². The van der Waals surface area contributed by atoms with Crippen molar-refractivity contribution in [2.75, 3.05) is 25.0 Å². The summed E-state index contributed by atoms with van der Waals surface area (Å²) in [5, 5.41) is 8.79. The third-order valence-corrected chi connectivity index (χ3v) is 6.01. The lowest BCUT2D eigenvalue weighted by atomic mass is 10.0. The lowest BCUT2D eigenvalue weighted by Gasteiger charge is -2.32. The highest BCUT2D eigenvalue weighted by Crippen LogP contribution is 2.30. The largest absolute Gasteiger partial charge is 0.360 e. The lowest BCUT2D eigenvalue weighted by molar-refractivity contribution is 0.0705. The molecule has 0 radical (unpaired) electrons. The number of amides is 1. The number of pyridine rings is 1. The number of rotatable bonds is 4. The van der Waals surface area contributed by atoms with Crippen molar-refractivity contribution in [3.05, 3.63) is 53.3 Å². The second kappa shape index (κ2) is 8.33. The first-order chi connectivity index (χ1) is 15.5. The normalized spacial score (nSPS) is 17.6. The number of aromatic nitrogens is 5. The number of imidazole rings is 1. The number of carbonyl (C=O) groups is 1. The van der Waals surface area contributed by atoms with E-state index < -0.39 is 0 Å². The van der Waals surface area contributed by atoms with E-state index in [1.165, 1.54) is 6.33 Å². The van der Waals surface area contributed by atoms with E-state index in [9.17, 15) is 4.79 Å². The van der Waals surface area contributed by atoms with Crippen molar-refractivity contribution in [1.82, 2.24) is 35.1 Å². The van der Waals surface area contributed by atoms with Crippen molar-refractivity contribution in [3.8, 4) is 0 Å². The summed E-state index contributed by atoms with van der Waals surface area (Å²) in [5.41, 5.74) is 2.39. The number of fused-ring (bicyclic) bond motifs is 2. The van der Waals surface area contributed by atoms with E-state index in [1.807, 2.05) is 30.0 Å². The fourth-order valence-corrected chi connectivity index (χ4v) is 4.35. The number of piperazine rings is 1. The van der Waals surface area contributed by atoms with Crippen molar-refractivity contribution in [2.45, 2.75) is 25.9 Å². The molecule has 32 heavy (non-hydrogen) atoms. The highest BCUT2D eigenvalue weighted by Gasteiger charge is 2.26. The smallest absolute Gasteiger partial charge is 0.273 e. The van der Waals surface area contributed by atoms with Gasteiger partial charge in [-0.25, -0.2) is 19.9 Å². The van der Waals surface area contributed by atoms with Crippen LogP contribution in [0.2, 0.25) is 5.02 Å². The maximum atomic E-state index is 13.5. The van der Waals surface area contributed by atoms with Crippen LogP contribution in [0.25, 0.3) is 21.9 Å². The molecule has 0 saturated carbocycles. The molecule has 0 unspecified atom stereocenters. The molecule has 3 aromatic heterocycles. The molecule has 4 aromatic rings. The first-order valence-corrected chi connectivity index (χ1v) is 10.9. The van der Waals surface area contributed by atoms with Gasteiger partial charge in [0.1, 0.15) is 17.5 Å². The second-order valence-corrected chi connectivity index (χ2v) is 8.44. The standard InChI is InChI=1S/C22H23ClN8O/c1-12-9-31(7-6-24-12)22(32)18-17-14(4-3-5-15(17)23)8-16(30-18)13(2)29-21-19-20(26-10-25-19)27-11-28-21/h3-5,8,10-13,24H,6-7,9H2,1-2H3,(H2,25,26,27,28,29)/t12-,13+/m1/s1. The maximum absolute atomic E-state index is 13.5. The van der Waals surface area contributed by atoms with Gasteiger partial charge in [0.25, 0.3) is 5.91 Å². The quantitative estimate of drug-likeness (QED) is 0.437. The van der Waals surface area contributed by atoms with E-state index in [1.54, 1.807) is 12.4 Å². The lowest BCUT2D eigenvalue weighted by Crippen LogP contribution is -2.51. The van der Waals surface area contributed by atoms with E-state index in [0.29, 0.717) is 51.9 Å². The summed E-state index contributed by atoms with van der Waals surface area (Å²) in [5.74, 6) is 0.489. The summed E-state index contributed by atoms with van der Waals surface area (Å²) in [4.78, 5) is 35.9. The molecule has 0 aliphatic carbocycles. The van der Waals surface area contributed by atoms with Crippen LogP contribution in [0.3, 0.4) is 0 Å². The molecule has 0 spiro atoms.